The van der Waals surface area contributed by atoms with E-state index in [-0.39, 0.29) is 19.1 Å². The van der Waals surface area contributed by atoms with Gasteiger partial charge in [0.05, 0.1) is 12.7 Å². The van der Waals surface area contributed by atoms with Gasteiger partial charge in [0, 0.05) is 11.1 Å². The van der Waals surface area contributed by atoms with Crippen LogP contribution in [0.25, 0.3) is 0 Å². The number of benzene rings is 2. The molecule has 0 spiro atoms. The monoisotopic (exact) mass is 349 g/mol. The van der Waals surface area contributed by atoms with Crippen molar-refractivity contribution in [1.82, 2.24) is 0 Å². The second-order valence-corrected chi connectivity index (χ2v) is 6.41. The number of hydrogen-bond acceptors (Lipinski definition) is 4. The first-order valence-electron chi connectivity index (χ1n) is 8.03. The summed E-state index contributed by atoms with van der Waals surface area (Å²) >= 11 is 5.97. The summed E-state index contributed by atoms with van der Waals surface area (Å²) in [5.74, 6) is 0.812. The quantitative estimate of drug-likeness (QED) is 0.685. The lowest BCUT2D eigenvalue weighted by molar-refractivity contribution is 0.121. The van der Waals surface area contributed by atoms with E-state index in [9.17, 15) is 5.11 Å². The molecule has 24 heavy (non-hydrogen) atoms. The summed E-state index contributed by atoms with van der Waals surface area (Å²) in [6, 6.07) is 14.4. The average molecular weight is 350 g/mol. The van der Waals surface area contributed by atoms with Gasteiger partial charge in [-0.05, 0) is 47.7 Å². The second kappa shape index (κ2) is 9.04. The van der Waals surface area contributed by atoms with Crippen molar-refractivity contribution in [2.75, 3.05) is 13.2 Å². The normalized spacial score (nSPS) is 14.9. The van der Waals surface area contributed by atoms with E-state index in [1.165, 1.54) is 0 Å². The van der Waals surface area contributed by atoms with Crippen molar-refractivity contribution in [2.24, 2.45) is 11.7 Å². The Kier molecular flexibility index (Phi) is 7.06. The van der Waals surface area contributed by atoms with Gasteiger partial charge in [0.15, 0.2) is 0 Å². The lowest BCUT2D eigenvalue weighted by Gasteiger charge is -2.25. The Labute approximate surface area is 147 Å². The highest BCUT2D eigenvalue weighted by Crippen LogP contribution is 2.25. The van der Waals surface area contributed by atoms with Gasteiger partial charge in [-0.1, -0.05) is 42.8 Å². The Morgan fingerprint density at radius 3 is 2.50 bits per heavy atom. The summed E-state index contributed by atoms with van der Waals surface area (Å²) in [6.45, 7) is 2.30. The molecule has 0 aliphatic carbocycles. The molecule has 0 saturated heterocycles. The van der Waals surface area contributed by atoms with Crippen molar-refractivity contribution >= 4 is 11.6 Å². The van der Waals surface area contributed by atoms with Crippen LogP contribution in [-0.4, -0.2) is 29.5 Å². The lowest BCUT2D eigenvalue weighted by atomic mass is 9.88. The molecule has 4 nitrogen and oxygen atoms in total. The fourth-order valence-corrected chi connectivity index (χ4v) is 2.82. The Morgan fingerprint density at radius 2 is 1.88 bits per heavy atom. The zero-order chi connectivity index (χ0) is 17.5. The standard InChI is InChI=1S/C19H24ClNO3/c1-13(11-14-5-7-17(8-6-14)24-10-9-22)18(21)19(23)15-3-2-4-16(20)12-15/h2-8,12-13,18-19,22-23H,9-11,21H2,1H3. The Hall–Kier alpha value is -1.59. The van der Waals surface area contributed by atoms with Gasteiger partial charge in [0.1, 0.15) is 12.4 Å². The minimum atomic E-state index is -0.758. The number of ether oxygens (including phenoxy) is 1. The van der Waals surface area contributed by atoms with Crippen LogP contribution in [-0.2, 0) is 6.42 Å². The van der Waals surface area contributed by atoms with E-state index >= 15 is 0 Å². The van der Waals surface area contributed by atoms with Crippen LogP contribution in [0.3, 0.4) is 0 Å². The van der Waals surface area contributed by atoms with Crippen molar-refractivity contribution in [1.29, 1.82) is 0 Å². The second-order valence-electron chi connectivity index (χ2n) is 5.97. The minimum Gasteiger partial charge on any atom is -0.491 e. The molecular weight excluding hydrogens is 326 g/mol. The Balaban J connectivity index is 1.96. The molecule has 130 valence electrons. The van der Waals surface area contributed by atoms with Gasteiger partial charge < -0.3 is 20.7 Å². The summed E-state index contributed by atoms with van der Waals surface area (Å²) < 4.78 is 5.34. The maximum Gasteiger partial charge on any atom is 0.119 e. The highest BCUT2D eigenvalue weighted by Gasteiger charge is 2.23. The van der Waals surface area contributed by atoms with Gasteiger partial charge in [-0.25, -0.2) is 0 Å². The van der Waals surface area contributed by atoms with Gasteiger partial charge in [0.25, 0.3) is 0 Å². The number of nitrogens with two attached hydrogens (primary N) is 1. The van der Waals surface area contributed by atoms with Gasteiger partial charge in [-0.2, -0.15) is 0 Å². The fraction of sp³-hybridized carbons (Fsp3) is 0.368. The maximum atomic E-state index is 10.5. The zero-order valence-corrected chi connectivity index (χ0v) is 14.5. The van der Waals surface area contributed by atoms with Crippen LogP contribution < -0.4 is 10.5 Å². The molecule has 0 radical (unpaired) electrons. The molecule has 0 aliphatic heterocycles. The van der Waals surface area contributed by atoms with Crippen LogP contribution in [0.4, 0.5) is 0 Å². The summed E-state index contributed by atoms with van der Waals surface area (Å²) in [5.41, 5.74) is 8.09. The molecule has 5 heteroatoms. The number of aliphatic hydroxyl groups excluding tert-OH is 2. The third kappa shape index (κ3) is 5.21. The Morgan fingerprint density at radius 1 is 1.17 bits per heavy atom. The van der Waals surface area contributed by atoms with Gasteiger partial charge >= 0.3 is 0 Å². The van der Waals surface area contributed by atoms with Crippen molar-refractivity contribution in [3.63, 3.8) is 0 Å². The first kappa shape index (κ1) is 18.7. The predicted octanol–water partition coefficient (Wildman–Crippen LogP) is 2.95. The van der Waals surface area contributed by atoms with Gasteiger partial charge in [-0.15, -0.1) is 0 Å². The molecule has 0 fully saturated rings. The van der Waals surface area contributed by atoms with E-state index in [0.717, 1.165) is 23.3 Å². The fourth-order valence-electron chi connectivity index (χ4n) is 2.62. The molecule has 2 aromatic rings. The summed E-state index contributed by atoms with van der Waals surface area (Å²) in [5, 5.41) is 19.8. The van der Waals surface area contributed by atoms with Crippen molar-refractivity contribution in [3.05, 3.63) is 64.7 Å². The molecule has 0 aromatic heterocycles. The molecule has 0 aliphatic rings. The van der Waals surface area contributed by atoms with Crippen molar-refractivity contribution in [3.8, 4) is 5.75 Å². The van der Waals surface area contributed by atoms with Crippen LogP contribution in [0.5, 0.6) is 5.75 Å². The summed E-state index contributed by atoms with van der Waals surface area (Å²) in [6.07, 6.45) is -0.00938. The van der Waals surface area contributed by atoms with E-state index in [1.807, 2.05) is 43.3 Å². The minimum absolute atomic E-state index is 0.00493. The molecule has 2 aromatic carbocycles. The van der Waals surface area contributed by atoms with Gasteiger partial charge in [0.2, 0.25) is 0 Å². The summed E-state index contributed by atoms with van der Waals surface area (Å²) in [7, 11) is 0. The molecule has 3 atom stereocenters. The van der Waals surface area contributed by atoms with Crippen LogP contribution in [0.1, 0.15) is 24.2 Å². The van der Waals surface area contributed by atoms with Crippen LogP contribution in [0, 0.1) is 5.92 Å². The zero-order valence-electron chi connectivity index (χ0n) is 13.7. The Bertz CT molecular complexity index is 633. The van der Waals surface area contributed by atoms with E-state index in [2.05, 4.69) is 0 Å². The van der Waals surface area contributed by atoms with Crippen LogP contribution in [0.2, 0.25) is 5.02 Å². The molecule has 4 N–H and O–H groups in total. The van der Waals surface area contributed by atoms with Crippen LogP contribution >= 0.6 is 11.6 Å². The number of aliphatic hydroxyl groups is 2. The van der Waals surface area contributed by atoms with E-state index in [1.54, 1.807) is 12.1 Å². The topological polar surface area (TPSA) is 75.7 Å². The lowest BCUT2D eigenvalue weighted by Crippen LogP contribution is -2.36. The van der Waals surface area contributed by atoms with Crippen LogP contribution in [0.15, 0.2) is 48.5 Å². The number of hydrogen-bond donors (Lipinski definition) is 3. The van der Waals surface area contributed by atoms with E-state index in [0.29, 0.717) is 5.02 Å². The van der Waals surface area contributed by atoms with Crippen molar-refractivity contribution < 1.29 is 14.9 Å². The predicted molar refractivity (Wildman–Crippen MR) is 96.3 cm³/mol. The highest BCUT2D eigenvalue weighted by molar-refractivity contribution is 6.30. The number of halogens is 1. The molecule has 0 saturated carbocycles. The molecule has 0 heterocycles. The SMILES string of the molecule is CC(Cc1ccc(OCCO)cc1)C(N)C(O)c1cccc(Cl)c1. The van der Waals surface area contributed by atoms with Gasteiger partial charge in [-0.3, -0.25) is 0 Å². The first-order valence-corrected chi connectivity index (χ1v) is 8.40. The smallest absolute Gasteiger partial charge is 0.119 e. The third-order valence-electron chi connectivity index (χ3n) is 4.05. The summed E-state index contributed by atoms with van der Waals surface area (Å²) in [4.78, 5) is 0. The average Bonchev–Trinajstić information content (AvgIpc) is 2.59. The van der Waals surface area contributed by atoms with E-state index < -0.39 is 12.1 Å². The molecule has 0 bridgehead atoms. The van der Waals surface area contributed by atoms with Crippen molar-refractivity contribution in [2.45, 2.75) is 25.5 Å². The van der Waals surface area contributed by atoms with E-state index in [4.69, 9.17) is 27.2 Å². The maximum absolute atomic E-state index is 10.5. The molecule has 2 rings (SSSR count). The highest BCUT2D eigenvalue weighted by atomic mass is 35.5. The molecule has 0 amide bonds. The molecular formula is C19H24ClNO3. The third-order valence-corrected chi connectivity index (χ3v) is 4.29. The largest absolute Gasteiger partial charge is 0.491 e. The molecule has 3 unspecified atom stereocenters. The first-order chi connectivity index (χ1) is 11.5. The number of rotatable bonds is 8.